The van der Waals surface area contributed by atoms with E-state index in [1.54, 1.807) is 29.6 Å². The van der Waals surface area contributed by atoms with Gasteiger partial charge in [-0.3, -0.25) is 0 Å². The summed E-state index contributed by atoms with van der Waals surface area (Å²) >= 11 is 1.17. The van der Waals surface area contributed by atoms with Crippen LogP contribution in [0.5, 0.6) is 0 Å². The molecule has 1 aliphatic rings. The molecule has 1 fully saturated rings. The van der Waals surface area contributed by atoms with Crippen molar-refractivity contribution in [3.63, 3.8) is 0 Å². The van der Waals surface area contributed by atoms with Gasteiger partial charge in [-0.15, -0.1) is 11.3 Å². The van der Waals surface area contributed by atoms with Crippen molar-refractivity contribution >= 4 is 27.0 Å². The summed E-state index contributed by atoms with van der Waals surface area (Å²) in [5.74, 6) is 0. The molecule has 200 valence electrons. The molecule has 0 radical (unpaired) electrons. The van der Waals surface area contributed by atoms with Crippen molar-refractivity contribution in [2.75, 3.05) is 38.1 Å². The Labute approximate surface area is 219 Å². The fraction of sp³-hybridized carbons (Fsp3) is 0.385. The van der Waals surface area contributed by atoms with Gasteiger partial charge in [-0.2, -0.15) is 17.5 Å². The molecule has 0 amide bonds. The highest BCUT2D eigenvalue weighted by Crippen LogP contribution is 2.39. The smallest absolute Gasteiger partial charge is 0.376 e. The molecular weight excluding hydrogens is 523 g/mol. The average molecular weight is 554 g/mol. The largest absolute Gasteiger partial charge is 0.421 e. The quantitative estimate of drug-likeness (QED) is 0.444. The van der Waals surface area contributed by atoms with Crippen LogP contribution in [0, 0.1) is 0 Å². The van der Waals surface area contributed by atoms with Crippen molar-refractivity contribution in [1.82, 2.24) is 9.21 Å². The van der Waals surface area contributed by atoms with E-state index in [2.05, 4.69) is 4.90 Å². The van der Waals surface area contributed by atoms with E-state index in [4.69, 9.17) is 0 Å². The van der Waals surface area contributed by atoms with Crippen molar-refractivity contribution in [1.29, 1.82) is 0 Å². The third-order valence-corrected chi connectivity index (χ3v) is 9.90. The van der Waals surface area contributed by atoms with Gasteiger partial charge in [0.15, 0.2) is 5.60 Å². The number of sulfonamides is 1. The van der Waals surface area contributed by atoms with E-state index < -0.39 is 21.8 Å². The zero-order valence-electron chi connectivity index (χ0n) is 20.6. The first kappa shape index (κ1) is 27.6. The van der Waals surface area contributed by atoms with Crippen molar-refractivity contribution in [2.24, 2.45) is 0 Å². The molecule has 1 saturated heterocycles. The molecule has 0 aliphatic carbocycles. The molecule has 2 atom stereocenters. The molecule has 2 aromatic carbocycles. The fourth-order valence-corrected chi connectivity index (χ4v) is 7.15. The van der Waals surface area contributed by atoms with E-state index in [9.17, 15) is 26.7 Å². The van der Waals surface area contributed by atoms with Gasteiger partial charge in [0.25, 0.3) is 10.0 Å². The maximum absolute atomic E-state index is 13.3. The predicted octanol–water partition coefficient (Wildman–Crippen LogP) is 4.53. The second-order valence-electron chi connectivity index (χ2n) is 9.44. The first-order chi connectivity index (χ1) is 17.4. The fourth-order valence-electron chi connectivity index (χ4n) is 4.54. The van der Waals surface area contributed by atoms with E-state index in [-0.39, 0.29) is 28.9 Å². The Morgan fingerprint density at radius 1 is 1.03 bits per heavy atom. The molecule has 0 bridgehead atoms. The number of anilines is 1. The lowest BCUT2D eigenvalue weighted by molar-refractivity contribution is -0.258. The van der Waals surface area contributed by atoms with Crippen LogP contribution < -0.4 is 4.90 Å². The van der Waals surface area contributed by atoms with Crippen LogP contribution in [0.3, 0.4) is 0 Å². The lowest BCUT2D eigenvalue weighted by Gasteiger charge is -2.43. The third kappa shape index (κ3) is 6.01. The second-order valence-corrected chi connectivity index (χ2v) is 12.6. The summed E-state index contributed by atoms with van der Waals surface area (Å²) in [6.07, 6.45) is -4.81. The Morgan fingerprint density at radius 3 is 2.30 bits per heavy atom. The number of nitrogens with zero attached hydrogens (tertiary/aromatic N) is 3. The van der Waals surface area contributed by atoms with Gasteiger partial charge >= 0.3 is 6.18 Å². The molecule has 11 heteroatoms. The number of hydrogen-bond acceptors (Lipinski definition) is 6. The normalized spacial score (nSPS) is 19.2. The predicted molar refractivity (Wildman–Crippen MR) is 139 cm³/mol. The van der Waals surface area contributed by atoms with Crippen molar-refractivity contribution in [3.05, 3.63) is 83.2 Å². The Balaban J connectivity index is 1.58. The van der Waals surface area contributed by atoms with Crippen LogP contribution in [-0.2, 0) is 22.2 Å². The number of halogens is 3. The highest BCUT2D eigenvalue weighted by Gasteiger charge is 2.51. The summed E-state index contributed by atoms with van der Waals surface area (Å²) in [6.45, 7) is 2.80. The number of alkyl halides is 3. The molecule has 2 heterocycles. The number of likely N-dealkylation sites (N-methyl/N-ethyl adjacent to an activating group) is 1. The van der Waals surface area contributed by atoms with E-state index in [0.29, 0.717) is 25.3 Å². The van der Waals surface area contributed by atoms with Crippen LogP contribution in [0.15, 0.2) is 76.3 Å². The van der Waals surface area contributed by atoms with Gasteiger partial charge in [0.2, 0.25) is 0 Å². The molecule has 37 heavy (non-hydrogen) atoms. The van der Waals surface area contributed by atoms with Gasteiger partial charge in [-0.05, 0) is 48.7 Å². The standard InChI is InChI=1S/C26H30F3N3O3S2/c1-25(33,26(27,28)29)21-10-12-22(13-11-21)32-15-14-31(37(34,35)24-9-6-16-36-24)19-23(32)18-30(2)17-20-7-4-3-5-8-20/h3-13,16,23,33H,14-15,17-19H2,1-2H3/t23-,25-/m0/s1. The van der Waals surface area contributed by atoms with Crippen LogP contribution in [0.25, 0.3) is 0 Å². The molecular formula is C26H30F3N3O3S2. The molecule has 4 rings (SSSR count). The van der Waals surface area contributed by atoms with Crippen LogP contribution >= 0.6 is 11.3 Å². The number of piperazine rings is 1. The Hall–Kier alpha value is -2.44. The number of rotatable bonds is 8. The van der Waals surface area contributed by atoms with Crippen LogP contribution in [0.2, 0.25) is 0 Å². The van der Waals surface area contributed by atoms with Gasteiger partial charge in [-0.1, -0.05) is 48.5 Å². The van der Waals surface area contributed by atoms with Crippen LogP contribution in [0.4, 0.5) is 18.9 Å². The lowest BCUT2D eigenvalue weighted by Crippen LogP contribution is -2.58. The van der Waals surface area contributed by atoms with Gasteiger partial charge in [0.1, 0.15) is 4.21 Å². The van der Waals surface area contributed by atoms with Gasteiger partial charge in [0, 0.05) is 38.4 Å². The van der Waals surface area contributed by atoms with E-state index >= 15 is 0 Å². The minimum atomic E-state index is -4.81. The number of thiophene rings is 1. The number of hydrogen-bond donors (Lipinski definition) is 1. The number of benzene rings is 2. The maximum Gasteiger partial charge on any atom is 0.421 e. The zero-order chi connectivity index (χ0) is 26.8. The second kappa shape index (κ2) is 10.7. The third-order valence-electron chi connectivity index (χ3n) is 6.67. The van der Waals surface area contributed by atoms with E-state index in [1.807, 2.05) is 42.3 Å². The van der Waals surface area contributed by atoms with Crippen LogP contribution in [-0.4, -0.2) is 68.2 Å². The minimum absolute atomic E-state index is 0.237. The Bertz CT molecular complexity index is 1270. The van der Waals surface area contributed by atoms with Gasteiger partial charge in [0.05, 0.1) is 6.04 Å². The maximum atomic E-state index is 13.3. The van der Waals surface area contributed by atoms with Gasteiger partial charge < -0.3 is 14.9 Å². The lowest BCUT2D eigenvalue weighted by atomic mass is 9.95. The summed E-state index contributed by atoms with van der Waals surface area (Å²) in [4.78, 5) is 4.14. The van der Waals surface area contributed by atoms with Gasteiger partial charge in [-0.25, -0.2) is 8.42 Å². The SMILES string of the molecule is CN(Cc1ccccc1)C[C@H]1CN(S(=O)(=O)c2cccs2)CCN1c1ccc([C@](C)(O)C(F)(F)F)cc1. The molecule has 1 aliphatic heterocycles. The summed E-state index contributed by atoms with van der Waals surface area (Å²) in [5, 5.41) is 11.8. The zero-order valence-corrected chi connectivity index (χ0v) is 22.2. The highest BCUT2D eigenvalue weighted by atomic mass is 32.2. The van der Waals surface area contributed by atoms with E-state index in [1.165, 1.54) is 27.8 Å². The highest BCUT2D eigenvalue weighted by molar-refractivity contribution is 7.91. The average Bonchev–Trinajstić information content (AvgIpc) is 3.40. The van der Waals surface area contributed by atoms with E-state index in [0.717, 1.165) is 12.5 Å². The topological polar surface area (TPSA) is 64.1 Å². The molecule has 3 aromatic rings. The summed E-state index contributed by atoms with van der Waals surface area (Å²) in [5.41, 5.74) is -1.42. The van der Waals surface area contributed by atoms with Crippen molar-refractivity contribution in [2.45, 2.75) is 35.5 Å². The molecule has 6 nitrogen and oxygen atoms in total. The summed E-state index contributed by atoms with van der Waals surface area (Å²) in [7, 11) is -1.69. The number of aliphatic hydroxyl groups is 1. The van der Waals surface area contributed by atoms with Crippen LogP contribution in [0.1, 0.15) is 18.1 Å². The molecule has 1 N–H and O–H groups in total. The monoisotopic (exact) mass is 553 g/mol. The Morgan fingerprint density at radius 2 is 1.70 bits per heavy atom. The molecule has 0 saturated carbocycles. The van der Waals surface area contributed by atoms with Crippen molar-refractivity contribution in [3.8, 4) is 0 Å². The molecule has 0 unspecified atom stereocenters. The van der Waals surface area contributed by atoms with Crippen molar-refractivity contribution < 1.29 is 26.7 Å². The molecule has 0 spiro atoms. The first-order valence-corrected chi connectivity index (χ1v) is 14.1. The minimum Gasteiger partial charge on any atom is -0.376 e. The molecule has 1 aromatic heterocycles. The first-order valence-electron chi connectivity index (χ1n) is 11.8. The summed E-state index contributed by atoms with van der Waals surface area (Å²) < 4.78 is 68.1. The Kier molecular flexibility index (Phi) is 8.01. The summed E-state index contributed by atoms with van der Waals surface area (Å²) in [6, 6.07) is 18.6.